The van der Waals surface area contributed by atoms with Crippen molar-refractivity contribution >= 4 is 50.2 Å². The van der Waals surface area contributed by atoms with Gasteiger partial charge in [0.15, 0.2) is 0 Å². The van der Waals surface area contributed by atoms with Gasteiger partial charge in [-0.05, 0) is 55.8 Å². The zero-order valence-electron chi connectivity index (χ0n) is 18.5. The third-order valence-corrected chi connectivity index (χ3v) is 5.98. The molecule has 8 heteroatoms. The summed E-state index contributed by atoms with van der Waals surface area (Å²) in [6.45, 7) is 4.39. The number of amides is 1. The summed E-state index contributed by atoms with van der Waals surface area (Å²) in [5.41, 5.74) is 2.59. The minimum absolute atomic E-state index is 0.229. The molecule has 172 valence electrons. The van der Waals surface area contributed by atoms with E-state index in [0.29, 0.717) is 34.2 Å². The molecule has 0 bridgehead atoms. The van der Waals surface area contributed by atoms with Crippen LogP contribution in [0, 0.1) is 0 Å². The molecule has 1 aromatic heterocycles. The summed E-state index contributed by atoms with van der Waals surface area (Å²) in [6.07, 6.45) is 3.08. The number of esters is 1. The van der Waals surface area contributed by atoms with Crippen LogP contribution < -0.4 is 14.8 Å². The molecule has 1 N–H and O–H groups in total. The summed E-state index contributed by atoms with van der Waals surface area (Å²) < 4.78 is 17.0. The quantitative estimate of drug-likeness (QED) is 0.256. The van der Waals surface area contributed by atoms with Crippen LogP contribution in [-0.4, -0.2) is 32.2 Å². The second-order valence-corrected chi connectivity index (χ2v) is 8.54. The lowest BCUT2D eigenvalue weighted by molar-refractivity contribution is -0.111. The number of thiophene rings is 1. The van der Waals surface area contributed by atoms with Crippen molar-refractivity contribution < 1.29 is 23.8 Å². The molecule has 0 radical (unpaired) electrons. The van der Waals surface area contributed by atoms with Gasteiger partial charge in [-0.2, -0.15) is 0 Å². The third-order valence-electron chi connectivity index (χ3n) is 4.59. The first-order valence-corrected chi connectivity index (χ1v) is 12.0. The zero-order valence-corrected chi connectivity index (χ0v) is 20.9. The Morgan fingerprint density at radius 2 is 1.85 bits per heavy atom. The highest BCUT2D eigenvalue weighted by Crippen LogP contribution is 2.37. The number of anilines is 1. The van der Waals surface area contributed by atoms with Gasteiger partial charge in [0.05, 0.1) is 20.3 Å². The van der Waals surface area contributed by atoms with Gasteiger partial charge in [0.2, 0.25) is 5.91 Å². The maximum Gasteiger partial charge on any atom is 0.341 e. The molecule has 1 amide bonds. The molecule has 6 nitrogen and oxygen atoms in total. The summed E-state index contributed by atoms with van der Waals surface area (Å²) >= 11 is 4.70. The zero-order chi connectivity index (χ0) is 23.8. The first-order valence-electron chi connectivity index (χ1n) is 10.3. The molecule has 2 aromatic carbocycles. The standard InChI is InChI=1S/C25H24BrNO5S/c1-4-31-21-12-9-18(26)14-17(21)8-13-22(28)27-24-23(25(29)32-5-2)20(15-33-24)16-6-10-19(30-3)11-7-16/h6-15H,4-5H2,1-3H3,(H,27,28)/b13-8+. The van der Waals surface area contributed by atoms with E-state index in [1.807, 2.05) is 54.8 Å². The molecular formula is C25H24BrNO5S. The SMILES string of the molecule is CCOC(=O)c1c(-c2ccc(OC)cc2)csc1NC(=O)/C=C/c1cc(Br)ccc1OCC. The lowest BCUT2D eigenvalue weighted by Gasteiger charge is -2.09. The largest absolute Gasteiger partial charge is 0.497 e. The van der Waals surface area contributed by atoms with E-state index in [-0.39, 0.29) is 12.5 Å². The molecule has 0 aliphatic heterocycles. The number of benzene rings is 2. The topological polar surface area (TPSA) is 73.9 Å². The van der Waals surface area contributed by atoms with Crippen LogP contribution in [0.2, 0.25) is 0 Å². The van der Waals surface area contributed by atoms with Crippen molar-refractivity contribution in [2.45, 2.75) is 13.8 Å². The summed E-state index contributed by atoms with van der Waals surface area (Å²) in [5, 5.41) is 5.07. The number of methoxy groups -OCH3 is 1. The fourth-order valence-electron chi connectivity index (χ4n) is 3.09. The van der Waals surface area contributed by atoms with E-state index in [9.17, 15) is 9.59 Å². The van der Waals surface area contributed by atoms with Crippen LogP contribution in [0.5, 0.6) is 11.5 Å². The maximum absolute atomic E-state index is 12.7. The second kappa shape index (κ2) is 11.7. The van der Waals surface area contributed by atoms with E-state index < -0.39 is 5.97 Å². The number of hydrogen-bond donors (Lipinski definition) is 1. The van der Waals surface area contributed by atoms with Gasteiger partial charge in [-0.3, -0.25) is 4.79 Å². The molecule has 3 rings (SSSR count). The highest BCUT2D eigenvalue weighted by molar-refractivity contribution is 9.10. The van der Waals surface area contributed by atoms with Crippen LogP contribution in [0.1, 0.15) is 29.8 Å². The second-order valence-electron chi connectivity index (χ2n) is 6.74. The van der Waals surface area contributed by atoms with Crippen molar-refractivity contribution in [3.63, 3.8) is 0 Å². The average molecular weight is 530 g/mol. The molecule has 0 spiro atoms. The highest BCUT2D eigenvalue weighted by Gasteiger charge is 2.22. The molecule has 1 heterocycles. The van der Waals surface area contributed by atoms with Crippen LogP contribution >= 0.6 is 27.3 Å². The molecule has 33 heavy (non-hydrogen) atoms. The summed E-state index contributed by atoms with van der Waals surface area (Å²) in [7, 11) is 1.59. The predicted molar refractivity (Wildman–Crippen MR) is 135 cm³/mol. The van der Waals surface area contributed by atoms with E-state index in [0.717, 1.165) is 15.6 Å². The van der Waals surface area contributed by atoms with Gasteiger partial charge in [-0.15, -0.1) is 11.3 Å². The molecule has 0 unspecified atom stereocenters. The highest BCUT2D eigenvalue weighted by atomic mass is 79.9. The first kappa shape index (κ1) is 24.5. The van der Waals surface area contributed by atoms with E-state index in [4.69, 9.17) is 14.2 Å². The van der Waals surface area contributed by atoms with E-state index >= 15 is 0 Å². The van der Waals surface area contributed by atoms with Crippen LogP contribution in [-0.2, 0) is 9.53 Å². The molecule has 0 saturated carbocycles. The van der Waals surface area contributed by atoms with Crippen molar-refractivity contribution in [2.24, 2.45) is 0 Å². The van der Waals surface area contributed by atoms with Crippen molar-refractivity contribution in [2.75, 3.05) is 25.6 Å². The van der Waals surface area contributed by atoms with Gasteiger partial charge in [-0.25, -0.2) is 4.79 Å². The van der Waals surface area contributed by atoms with Crippen molar-refractivity contribution in [1.82, 2.24) is 0 Å². The van der Waals surface area contributed by atoms with E-state index in [1.54, 1.807) is 20.1 Å². The predicted octanol–water partition coefficient (Wildman–Crippen LogP) is 6.41. The van der Waals surface area contributed by atoms with Crippen molar-refractivity contribution in [3.8, 4) is 22.6 Å². The molecular weight excluding hydrogens is 506 g/mol. The minimum atomic E-state index is -0.491. The molecule has 0 aliphatic carbocycles. The van der Waals surface area contributed by atoms with Crippen LogP contribution in [0.15, 0.2) is 58.4 Å². The number of hydrogen-bond acceptors (Lipinski definition) is 6. The number of carbonyl (C=O) groups is 2. The Balaban J connectivity index is 1.87. The number of nitrogens with one attached hydrogen (secondary N) is 1. The molecule has 0 fully saturated rings. The number of carbonyl (C=O) groups excluding carboxylic acids is 2. The smallest absolute Gasteiger partial charge is 0.341 e. The van der Waals surface area contributed by atoms with Crippen molar-refractivity contribution in [3.05, 3.63) is 69.5 Å². The maximum atomic E-state index is 12.7. The Kier molecular flexibility index (Phi) is 8.68. The lowest BCUT2D eigenvalue weighted by Crippen LogP contribution is -2.12. The summed E-state index contributed by atoms with van der Waals surface area (Å²) in [4.78, 5) is 25.4. The molecule has 0 saturated heterocycles. The van der Waals surface area contributed by atoms with E-state index in [2.05, 4.69) is 21.2 Å². The molecule has 0 atom stereocenters. The van der Waals surface area contributed by atoms with Gasteiger partial charge in [0.1, 0.15) is 22.1 Å². The molecule has 0 aliphatic rings. The van der Waals surface area contributed by atoms with Gasteiger partial charge in [-0.1, -0.05) is 28.1 Å². The van der Waals surface area contributed by atoms with E-state index in [1.165, 1.54) is 17.4 Å². The Morgan fingerprint density at radius 3 is 2.52 bits per heavy atom. The minimum Gasteiger partial charge on any atom is -0.497 e. The Hall–Kier alpha value is -3.10. The summed E-state index contributed by atoms with van der Waals surface area (Å²) in [6, 6.07) is 12.9. The summed E-state index contributed by atoms with van der Waals surface area (Å²) in [5.74, 6) is 0.528. The normalized spacial score (nSPS) is 10.8. The molecule has 3 aromatic rings. The lowest BCUT2D eigenvalue weighted by atomic mass is 10.0. The third kappa shape index (κ3) is 6.24. The van der Waals surface area contributed by atoms with Crippen LogP contribution in [0.25, 0.3) is 17.2 Å². The van der Waals surface area contributed by atoms with Gasteiger partial charge in [0, 0.05) is 27.1 Å². The Labute approximate surface area is 205 Å². The fraction of sp³-hybridized carbons (Fsp3) is 0.200. The van der Waals surface area contributed by atoms with Gasteiger partial charge in [0.25, 0.3) is 0 Å². The van der Waals surface area contributed by atoms with Gasteiger partial charge >= 0.3 is 5.97 Å². The van der Waals surface area contributed by atoms with Crippen LogP contribution in [0.4, 0.5) is 5.00 Å². The Morgan fingerprint density at radius 1 is 1.09 bits per heavy atom. The number of ether oxygens (including phenoxy) is 3. The number of rotatable bonds is 9. The number of halogens is 1. The first-order chi connectivity index (χ1) is 16.0. The Bertz CT molecular complexity index is 1150. The van der Waals surface area contributed by atoms with Crippen LogP contribution in [0.3, 0.4) is 0 Å². The van der Waals surface area contributed by atoms with Crippen molar-refractivity contribution in [1.29, 1.82) is 0 Å². The fourth-order valence-corrected chi connectivity index (χ4v) is 4.43. The average Bonchev–Trinajstić information content (AvgIpc) is 3.23. The monoisotopic (exact) mass is 529 g/mol. The van der Waals surface area contributed by atoms with Gasteiger partial charge < -0.3 is 19.5 Å².